The predicted molar refractivity (Wildman–Crippen MR) is 125 cm³/mol. The highest BCUT2D eigenvalue weighted by molar-refractivity contribution is 6.33. The number of nitrogens with one attached hydrogen (secondary N) is 1. The van der Waals surface area contributed by atoms with Crippen molar-refractivity contribution in [1.82, 2.24) is 10.3 Å². The van der Waals surface area contributed by atoms with Gasteiger partial charge in [-0.1, -0.05) is 60.1 Å². The first-order valence-corrected chi connectivity index (χ1v) is 11.0. The summed E-state index contributed by atoms with van der Waals surface area (Å²) in [6.07, 6.45) is -1.42. The van der Waals surface area contributed by atoms with Crippen molar-refractivity contribution in [3.05, 3.63) is 92.8 Å². The molecular formula is C24H22ClN3O6. The first-order valence-electron chi connectivity index (χ1n) is 10.6. The number of benzene rings is 2. The molecule has 0 fully saturated rings. The number of fused-ring (bicyclic) bond motifs is 3. The topological polar surface area (TPSA) is 135 Å². The maximum atomic E-state index is 12.2. The Hall–Kier alpha value is -3.53. The van der Waals surface area contributed by atoms with Crippen LogP contribution < -0.4 is 5.32 Å². The lowest BCUT2D eigenvalue weighted by atomic mass is 9.98. The number of aliphatic hydroxyl groups excluding tert-OH is 2. The fraction of sp³-hybridized carbons (Fsp3) is 0.250. The maximum Gasteiger partial charge on any atom is 0.407 e. The molecule has 0 radical (unpaired) electrons. The van der Waals surface area contributed by atoms with E-state index in [2.05, 4.69) is 10.3 Å². The zero-order valence-electron chi connectivity index (χ0n) is 17.9. The van der Waals surface area contributed by atoms with E-state index in [0.717, 1.165) is 34.6 Å². The normalized spacial score (nSPS) is 14.1. The second-order valence-corrected chi connectivity index (χ2v) is 8.25. The van der Waals surface area contributed by atoms with E-state index in [0.29, 0.717) is 0 Å². The third kappa shape index (κ3) is 4.72. The van der Waals surface area contributed by atoms with Crippen molar-refractivity contribution in [1.29, 1.82) is 0 Å². The van der Waals surface area contributed by atoms with Gasteiger partial charge in [-0.3, -0.25) is 15.1 Å². The summed E-state index contributed by atoms with van der Waals surface area (Å²) >= 11 is 5.96. The van der Waals surface area contributed by atoms with Gasteiger partial charge < -0.3 is 20.3 Å². The lowest BCUT2D eigenvalue weighted by molar-refractivity contribution is -0.385. The average molecular weight is 484 g/mol. The highest BCUT2D eigenvalue weighted by atomic mass is 35.5. The minimum Gasteiger partial charge on any atom is -0.449 e. The molecule has 0 bridgehead atoms. The third-order valence-corrected chi connectivity index (χ3v) is 6.23. The van der Waals surface area contributed by atoms with Gasteiger partial charge in [0.25, 0.3) is 0 Å². The van der Waals surface area contributed by atoms with E-state index in [4.69, 9.17) is 16.3 Å². The van der Waals surface area contributed by atoms with E-state index in [1.54, 1.807) is 0 Å². The highest BCUT2D eigenvalue weighted by Gasteiger charge is 2.29. The SMILES string of the molecule is O=C(NCCC(O)C(O)c1cncc([N+](=O)[O-])c1Cl)OCC1c2ccccc2-c2ccccc21. The van der Waals surface area contributed by atoms with Crippen LogP contribution in [0.3, 0.4) is 0 Å². The van der Waals surface area contributed by atoms with Crippen LogP contribution in [0.25, 0.3) is 11.1 Å². The fourth-order valence-corrected chi connectivity index (χ4v) is 4.40. The molecule has 1 heterocycles. The molecule has 1 aromatic heterocycles. The molecule has 2 unspecified atom stereocenters. The molecule has 1 aliphatic rings. The summed E-state index contributed by atoms with van der Waals surface area (Å²) < 4.78 is 5.43. The number of nitrogens with zero attached hydrogens (tertiary/aromatic N) is 2. The lowest BCUT2D eigenvalue weighted by Crippen LogP contribution is -2.30. The van der Waals surface area contributed by atoms with Crippen molar-refractivity contribution in [2.24, 2.45) is 0 Å². The molecule has 1 aliphatic carbocycles. The largest absolute Gasteiger partial charge is 0.449 e. The number of ether oxygens (including phenoxy) is 1. The van der Waals surface area contributed by atoms with Crippen LogP contribution in [0.2, 0.25) is 5.02 Å². The number of rotatable bonds is 8. The monoisotopic (exact) mass is 483 g/mol. The van der Waals surface area contributed by atoms with Crippen LogP contribution in [0.15, 0.2) is 60.9 Å². The van der Waals surface area contributed by atoms with E-state index in [1.807, 2.05) is 48.5 Å². The van der Waals surface area contributed by atoms with Gasteiger partial charge in [-0.2, -0.15) is 0 Å². The zero-order chi connectivity index (χ0) is 24.2. The van der Waals surface area contributed by atoms with Crippen molar-refractivity contribution in [3.63, 3.8) is 0 Å². The molecule has 10 heteroatoms. The smallest absolute Gasteiger partial charge is 0.407 e. The Morgan fingerprint density at radius 2 is 1.74 bits per heavy atom. The summed E-state index contributed by atoms with van der Waals surface area (Å²) in [5, 5.41) is 33.8. The van der Waals surface area contributed by atoms with E-state index >= 15 is 0 Å². The standard InChI is InChI=1S/C24H22ClN3O6/c25-22-18(11-26-12-20(22)28(32)33)23(30)21(29)9-10-27-24(31)34-13-19-16-7-3-1-5-14(16)15-6-2-4-8-17(15)19/h1-8,11-12,19,21,23,29-30H,9-10,13H2,(H,27,31). The summed E-state index contributed by atoms with van der Waals surface area (Å²) in [6, 6.07) is 16.0. The number of carbonyl (C=O) groups is 1. The number of pyridine rings is 1. The molecule has 0 spiro atoms. The van der Waals surface area contributed by atoms with Crippen LogP contribution in [-0.4, -0.2) is 45.5 Å². The van der Waals surface area contributed by atoms with Gasteiger partial charge in [0.1, 0.15) is 23.9 Å². The molecule has 0 aliphatic heterocycles. The molecule has 176 valence electrons. The number of amides is 1. The summed E-state index contributed by atoms with van der Waals surface area (Å²) in [6.45, 7) is 0.162. The molecule has 4 rings (SSSR count). The number of nitro groups is 1. The Morgan fingerprint density at radius 3 is 2.35 bits per heavy atom. The third-order valence-electron chi connectivity index (χ3n) is 5.82. The molecule has 3 aromatic rings. The number of hydrogen-bond acceptors (Lipinski definition) is 7. The Kier molecular flexibility index (Phi) is 7.06. The van der Waals surface area contributed by atoms with Crippen LogP contribution in [0, 0.1) is 10.1 Å². The van der Waals surface area contributed by atoms with Crippen LogP contribution in [0.1, 0.15) is 35.1 Å². The van der Waals surface area contributed by atoms with Crippen molar-refractivity contribution >= 4 is 23.4 Å². The number of aromatic nitrogens is 1. The molecule has 0 saturated carbocycles. The van der Waals surface area contributed by atoms with Crippen molar-refractivity contribution in [3.8, 4) is 11.1 Å². The summed E-state index contributed by atoms with van der Waals surface area (Å²) in [5.74, 6) is -0.0749. The number of hydrogen-bond donors (Lipinski definition) is 3. The second-order valence-electron chi connectivity index (χ2n) is 7.87. The molecule has 2 aromatic carbocycles. The van der Waals surface area contributed by atoms with Crippen LogP contribution >= 0.6 is 11.6 Å². The fourth-order valence-electron chi connectivity index (χ4n) is 4.12. The van der Waals surface area contributed by atoms with Crippen LogP contribution in [0.4, 0.5) is 10.5 Å². The minimum atomic E-state index is -1.51. The molecule has 3 N–H and O–H groups in total. The maximum absolute atomic E-state index is 12.2. The molecular weight excluding hydrogens is 462 g/mol. The van der Waals surface area contributed by atoms with Gasteiger partial charge in [0.15, 0.2) is 0 Å². The van der Waals surface area contributed by atoms with Crippen molar-refractivity contribution < 1.29 is 24.7 Å². The summed E-state index contributed by atoms with van der Waals surface area (Å²) in [7, 11) is 0. The Balaban J connectivity index is 1.30. The van der Waals surface area contributed by atoms with Gasteiger partial charge in [-0.15, -0.1) is 0 Å². The van der Waals surface area contributed by atoms with Gasteiger partial charge in [0.2, 0.25) is 0 Å². The average Bonchev–Trinajstić information content (AvgIpc) is 3.16. The van der Waals surface area contributed by atoms with E-state index in [9.17, 15) is 25.1 Å². The van der Waals surface area contributed by atoms with Crippen LogP contribution in [0.5, 0.6) is 0 Å². The molecule has 34 heavy (non-hydrogen) atoms. The Labute approximate surface area is 200 Å². The highest BCUT2D eigenvalue weighted by Crippen LogP contribution is 2.44. The minimum absolute atomic E-state index is 0.00880. The quantitative estimate of drug-likeness (QED) is 0.326. The zero-order valence-corrected chi connectivity index (χ0v) is 18.7. The molecule has 1 amide bonds. The van der Waals surface area contributed by atoms with E-state index in [1.165, 1.54) is 0 Å². The van der Waals surface area contributed by atoms with Crippen LogP contribution in [-0.2, 0) is 4.74 Å². The van der Waals surface area contributed by atoms with Gasteiger partial charge in [0, 0.05) is 24.2 Å². The summed E-state index contributed by atoms with van der Waals surface area (Å²) in [4.78, 5) is 26.2. The number of aliphatic hydroxyl groups is 2. The van der Waals surface area contributed by atoms with Gasteiger partial charge in [0.05, 0.1) is 11.0 Å². The lowest BCUT2D eigenvalue weighted by Gasteiger charge is -2.19. The predicted octanol–water partition coefficient (Wildman–Crippen LogP) is 3.97. The second kappa shape index (κ2) is 10.2. The molecule has 0 saturated heterocycles. The van der Waals surface area contributed by atoms with Gasteiger partial charge in [-0.25, -0.2) is 4.79 Å². The Bertz CT molecular complexity index is 1180. The molecule has 9 nitrogen and oxygen atoms in total. The first kappa shape index (κ1) is 23.6. The first-order chi connectivity index (χ1) is 16.4. The summed E-state index contributed by atoms with van der Waals surface area (Å²) in [5.41, 5.74) is 3.90. The van der Waals surface area contributed by atoms with E-state index < -0.39 is 28.9 Å². The Morgan fingerprint density at radius 1 is 1.12 bits per heavy atom. The van der Waals surface area contributed by atoms with Crippen molar-refractivity contribution in [2.75, 3.05) is 13.2 Å². The number of carbonyl (C=O) groups excluding carboxylic acids is 1. The number of halogens is 1. The van der Waals surface area contributed by atoms with E-state index in [-0.39, 0.29) is 36.1 Å². The number of alkyl carbamates (subject to hydrolysis) is 1. The van der Waals surface area contributed by atoms with Gasteiger partial charge in [-0.05, 0) is 28.7 Å². The van der Waals surface area contributed by atoms with Crippen molar-refractivity contribution in [2.45, 2.75) is 24.5 Å². The van der Waals surface area contributed by atoms with Gasteiger partial charge >= 0.3 is 11.8 Å². The molecule has 2 atom stereocenters.